The van der Waals surface area contributed by atoms with Crippen molar-refractivity contribution >= 4 is 17.7 Å². The number of hydrogen-bond acceptors (Lipinski definition) is 6. The van der Waals surface area contributed by atoms with E-state index in [-0.39, 0.29) is 28.7 Å². The first-order chi connectivity index (χ1) is 15.8. The molecule has 7 nitrogen and oxygen atoms in total. The van der Waals surface area contributed by atoms with E-state index in [1.807, 2.05) is 0 Å². The lowest BCUT2D eigenvalue weighted by Gasteiger charge is -2.12. The van der Waals surface area contributed by atoms with Crippen LogP contribution in [0.5, 0.6) is 0 Å². The van der Waals surface area contributed by atoms with Crippen LogP contribution >= 0.6 is 0 Å². The fourth-order valence-electron chi connectivity index (χ4n) is 2.76. The molecule has 0 fully saturated rings. The number of nitrogens with one attached hydrogen (secondary N) is 2. The molecule has 1 atom stereocenters. The molecule has 1 aromatic carbocycles. The summed E-state index contributed by atoms with van der Waals surface area (Å²) >= 11 is 0. The molecule has 0 saturated heterocycles. The molecule has 3 rings (SSSR count). The van der Waals surface area contributed by atoms with Gasteiger partial charge in [0.1, 0.15) is 28.8 Å². The number of esters is 1. The lowest BCUT2D eigenvalue weighted by Crippen LogP contribution is -2.35. The first kappa shape index (κ1) is 23.5. The van der Waals surface area contributed by atoms with Gasteiger partial charge in [0.25, 0.3) is 0 Å². The van der Waals surface area contributed by atoms with Crippen molar-refractivity contribution in [3.05, 3.63) is 77.2 Å². The Kier molecular flexibility index (Phi) is 7.43. The molecule has 1 unspecified atom stereocenters. The van der Waals surface area contributed by atoms with Crippen LogP contribution in [0.25, 0.3) is 11.1 Å². The van der Waals surface area contributed by atoms with E-state index < -0.39 is 23.6 Å². The monoisotopic (exact) mass is 450 g/mol. The third kappa shape index (κ3) is 5.96. The maximum atomic E-state index is 13.5. The van der Waals surface area contributed by atoms with E-state index >= 15 is 0 Å². The van der Waals surface area contributed by atoms with Crippen LogP contribution in [0.3, 0.4) is 0 Å². The van der Waals surface area contributed by atoms with Crippen molar-refractivity contribution in [3.63, 3.8) is 0 Å². The van der Waals surface area contributed by atoms with Gasteiger partial charge in [-0.1, -0.05) is 12.0 Å². The van der Waals surface area contributed by atoms with E-state index in [1.165, 1.54) is 19.4 Å². The highest BCUT2D eigenvalue weighted by Gasteiger charge is 2.14. The Bertz CT molecular complexity index is 1230. The lowest BCUT2D eigenvalue weighted by molar-refractivity contribution is -0.117. The topological polar surface area (TPSA) is 93.2 Å². The highest BCUT2D eigenvalue weighted by molar-refractivity contribution is 5.94. The molecule has 0 bridgehead atoms. The second kappa shape index (κ2) is 10.4. The van der Waals surface area contributed by atoms with Gasteiger partial charge >= 0.3 is 5.97 Å². The van der Waals surface area contributed by atoms with E-state index in [1.54, 1.807) is 32.2 Å². The van der Waals surface area contributed by atoms with Gasteiger partial charge in [0.15, 0.2) is 0 Å². The fraction of sp³-hybridized carbons (Fsp3) is 0.167. The first-order valence-electron chi connectivity index (χ1n) is 9.82. The van der Waals surface area contributed by atoms with Gasteiger partial charge in [-0.2, -0.15) is 0 Å². The van der Waals surface area contributed by atoms with Crippen LogP contribution in [0.1, 0.15) is 28.7 Å². The van der Waals surface area contributed by atoms with Crippen molar-refractivity contribution in [2.24, 2.45) is 0 Å². The zero-order chi connectivity index (χ0) is 24.0. The standard InChI is InChI=1S/C24H20F2N4O3/c1-14(27-2)23(31)30-22-9-6-19(16-5-8-21(28-13-16)24(32)33-3)20(29-22)7-4-15-10-17(25)12-18(26)11-15/h5-6,8-14,27H,1-3H3,(H,29,30,31). The molecule has 1 amide bonds. The van der Waals surface area contributed by atoms with E-state index in [4.69, 9.17) is 0 Å². The third-order valence-electron chi connectivity index (χ3n) is 4.63. The summed E-state index contributed by atoms with van der Waals surface area (Å²) in [6, 6.07) is 8.91. The molecule has 33 heavy (non-hydrogen) atoms. The molecule has 2 heterocycles. The van der Waals surface area contributed by atoms with Gasteiger partial charge in [0.05, 0.1) is 13.2 Å². The number of pyridine rings is 2. The number of ether oxygens (including phenoxy) is 1. The molecule has 2 N–H and O–H groups in total. The van der Waals surface area contributed by atoms with Crippen molar-refractivity contribution in [2.45, 2.75) is 13.0 Å². The van der Waals surface area contributed by atoms with Crippen molar-refractivity contribution < 1.29 is 23.1 Å². The Morgan fingerprint density at radius 3 is 2.39 bits per heavy atom. The minimum atomic E-state index is -0.753. The van der Waals surface area contributed by atoms with Gasteiger partial charge in [-0.3, -0.25) is 4.79 Å². The zero-order valence-corrected chi connectivity index (χ0v) is 18.1. The van der Waals surface area contributed by atoms with Crippen molar-refractivity contribution in [2.75, 3.05) is 19.5 Å². The number of aromatic nitrogens is 2. The summed E-state index contributed by atoms with van der Waals surface area (Å²) in [5.41, 5.74) is 1.62. The number of carbonyl (C=O) groups excluding carboxylic acids is 2. The highest BCUT2D eigenvalue weighted by Crippen LogP contribution is 2.24. The summed E-state index contributed by atoms with van der Waals surface area (Å²) in [6.07, 6.45) is 1.46. The predicted octanol–water partition coefficient (Wildman–Crippen LogP) is 3.15. The molecule has 0 spiro atoms. The van der Waals surface area contributed by atoms with E-state index in [0.29, 0.717) is 11.1 Å². The average Bonchev–Trinajstić information content (AvgIpc) is 2.81. The van der Waals surface area contributed by atoms with Crippen molar-refractivity contribution in [3.8, 4) is 23.0 Å². The van der Waals surface area contributed by atoms with Gasteiger partial charge in [-0.25, -0.2) is 23.5 Å². The molecule has 0 saturated carbocycles. The van der Waals surface area contributed by atoms with E-state index in [2.05, 4.69) is 37.2 Å². The summed E-state index contributed by atoms with van der Waals surface area (Å²) in [4.78, 5) is 32.3. The number of likely N-dealkylation sites (N-methyl/N-ethyl adjacent to an activating group) is 1. The number of benzene rings is 1. The molecule has 3 aromatic rings. The SMILES string of the molecule is CNC(C)C(=O)Nc1ccc(-c2ccc(C(=O)OC)nc2)c(C#Cc2cc(F)cc(F)c2)n1. The van der Waals surface area contributed by atoms with Gasteiger partial charge in [0, 0.05) is 29.0 Å². The second-order valence-electron chi connectivity index (χ2n) is 6.92. The molecule has 168 valence electrons. The normalized spacial score (nSPS) is 11.2. The second-order valence-corrected chi connectivity index (χ2v) is 6.92. The number of rotatable bonds is 5. The Labute approximate surface area is 189 Å². The molecule has 2 aromatic heterocycles. The third-order valence-corrected chi connectivity index (χ3v) is 4.63. The molecule has 0 aliphatic rings. The lowest BCUT2D eigenvalue weighted by atomic mass is 10.0. The van der Waals surface area contributed by atoms with Crippen molar-refractivity contribution in [1.29, 1.82) is 0 Å². The number of carbonyl (C=O) groups is 2. The highest BCUT2D eigenvalue weighted by atomic mass is 19.1. The smallest absolute Gasteiger partial charge is 0.356 e. The number of anilines is 1. The maximum Gasteiger partial charge on any atom is 0.356 e. The van der Waals surface area contributed by atoms with Gasteiger partial charge in [-0.15, -0.1) is 0 Å². The van der Waals surface area contributed by atoms with Crippen molar-refractivity contribution in [1.82, 2.24) is 15.3 Å². The van der Waals surface area contributed by atoms with Crippen LogP contribution in [0.4, 0.5) is 14.6 Å². The van der Waals surface area contributed by atoms with Gasteiger partial charge < -0.3 is 15.4 Å². The molecule has 0 aliphatic carbocycles. The summed E-state index contributed by atoms with van der Waals surface area (Å²) in [5, 5.41) is 5.51. The summed E-state index contributed by atoms with van der Waals surface area (Å²) in [7, 11) is 2.91. The number of hydrogen-bond donors (Lipinski definition) is 2. The Balaban J connectivity index is 2.04. The van der Waals surface area contributed by atoms with Crippen LogP contribution < -0.4 is 10.6 Å². The fourth-order valence-corrected chi connectivity index (χ4v) is 2.76. The quantitative estimate of drug-likeness (QED) is 0.458. The average molecular weight is 450 g/mol. The van der Waals surface area contributed by atoms with Crippen LogP contribution in [-0.2, 0) is 9.53 Å². The summed E-state index contributed by atoms with van der Waals surface area (Å²) < 4.78 is 31.7. The van der Waals surface area contributed by atoms with E-state index in [9.17, 15) is 18.4 Å². The summed E-state index contributed by atoms with van der Waals surface area (Å²) in [5.74, 6) is 3.37. The summed E-state index contributed by atoms with van der Waals surface area (Å²) in [6.45, 7) is 1.69. The number of methoxy groups -OCH3 is 1. The van der Waals surface area contributed by atoms with Gasteiger partial charge in [-0.05, 0) is 50.2 Å². The number of halogens is 2. The number of nitrogens with zero attached hydrogens (tertiary/aromatic N) is 2. The Hall–Kier alpha value is -4.16. The van der Waals surface area contributed by atoms with Crippen LogP contribution in [-0.4, -0.2) is 42.0 Å². The van der Waals surface area contributed by atoms with Crippen LogP contribution in [0.2, 0.25) is 0 Å². The van der Waals surface area contributed by atoms with Crippen LogP contribution in [0.15, 0.2) is 48.7 Å². The minimum absolute atomic E-state index is 0.123. The largest absolute Gasteiger partial charge is 0.464 e. The first-order valence-corrected chi connectivity index (χ1v) is 9.82. The van der Waals surface area contributed by atoms with Crippen LogP contribution in [0, 0.1) is 23.5 Å². The zero-order valence-electron chi connectivity index (χ0n) is 18.1. The number of amides is 1. The Morgan fingerprint density at radius 1 is 1.06 bits per heavy atom. The molecular formula is C24H20F2N4O3. The Morgan fingerprint density at radius 2 is 1.79 bits per heavy atom. The maximum absolute atomic E-state index is 13.5. The van der Waals surface area contributed by atoms with Gasteiger partial charge in [0.2, 0.25) is 5.91 Å². The predicted molar refractivity (Wildman–Crippen MR) is 118 cm³/mol. The van der Waals surface area contributed by atoms with E-state index in [0.717, 1.165) is 18.2 Å². The minimum Gasteiger partial charge on any atom is -0.464 e. The molecule has 0 aliphatic heterocycles. The molecular weight excluding hydrogens is 430 g/mol. The molecule has 9 heteroatoms. The molecule has 0 radical (unpaired) electrons.